The Labute approximate surface area is 165 Å². The molecule has 0 aromatic heterocycles. The van der Waals surface area contributed by atoms with Crippen molar-refractivity contribution in [2.45, 2.75) is 18.2 Å². The Morgan fingerprint density at radius 1 is 0.929 bits per heavy atom. The van der Waals surface area contributed by atoms with E-state index in [1.54, 1.807) is 25.1 Å². The zero-order valence-corrected chi connectivity index (χ0v) is 17.3. The topological polar surface area (TPSA) is 113 Å². The minimum absolute atomic E-state index is 0.0215. The molecule has 10 heteroatoms. The third-order valence-corrected chi connectivity index (χ3v) is 7.04. The van der Waals surface area contributed by atoms with Crippen LogP contribution in [0.5, 0.6) is 0 Å². The predicted octanol–water partition coefficient (Wildman–Crippen LogP) is 2.10. The van der Waals surface area contributed by atoms with Crippen molar-refractivity contribution in [3.8, 4) is 0 Å². The highest BCUT2D eigenvalue weighted by Crippen LogP contribution is 2.16. The first kappa shape index (κ1) is 21.9. The summed E-state index contributed by atoms with van der Waals surface area (Å²) in [5.41, 5.74) is 0.809. The number of sulfonamides is 2. The van der Waals surface area contributed by atoms with Crippen LogP contribution in [0.15, 0.2) is 59.5 Å². The van der Waals surface area contributed by atoms with E-state index in [9.17, 15) is 21.6 Å². The van der Waals surface area contributed by atoms with Crippen LogP contribution in [0, 0.1) is 0 Å². The van der Waals surface area contributed by atoms with Gasteiger partial charge in [0.2, 0.25) is 26.0 Å². The van der Waals surface area contributed by atoms with Crippen molar-refractivity contribution in [3.63, 3.8) is 0 Å². The Balaban J connectivity index is 1.98. The van der Waals surface area contributed by atoms with E-state index < -0.39 is 26.0 Å². The highest BCUT2D eigenvalue weighted by Gasteiger charge is 2.22. The van der Waals surface area contributed by atoms with Gasteiger partial charge in [-0.25, -0.2) is 16.8 Å². The zero-order valence-electron chi connectivity index (χ0n) is 15.6. The number of hydrogen-bond donors (Lipinski definition) is 2. The number of nitrogens with one attached hydrogen (secondary N) is 2. The van der Waals surface area contributed by atoms with Crippen LogP contribution in [-0.2, 0) is 24.8 Å². The van der Waals surface area contributed by atoms with Gasteiger partial charge < -0.3 is 5.32 Å². The zero-order chi connectivity index (χ0) is 20.8. The minimum Gasteiger partial charge on any atom is -0.325 e. The smallest absolute Gasteiger partial charge is 0.243 e. The highest BCUT2D eigenvalue weighted by atomic mass is 32.2. The first-order chi connectivity index (χ1) is 13.1. The SMILES string of the molecule is CCCS(=O)(=O)Nc1ccc(NC(=O)CN(C)S(=O)(=O)c2ccccc2)cc1. The second-order valence-electron chi connectivity index (χ2n) is 6.12. The molecule has 2 N–H and O–H groups in total. The van der Waals surface area contributed by atoms with Crippen molar-refractivity contribution < 1.29 is 21.6 Å². The number of carbonyl (C=O) groups excluding carboxylic acids is 1. The van der Waals surface area contributed by atoms with Crippen molar-refractivity contribution in [3.05, 3.63) is 54.6 Å². The molecule has 2 aromatic carbocycles. The van der Waals surface area contributed by atoms with Gasteiger partial charge >= 0.3 is 0 Å². The maximum atomic E-state index is 12.4. The lowest BCUT2D eigenvalue weighted by molar-refractivity contribution is -0.116. The summed E-state index contributed by atoms with van der Waals surface area (Å²) in [7, 11) is -5.83. The van der Waals surface area contributed by atoms with Crippen LogP contribution in [-0.4, -0.2) is 46.4 Å². The summed E-state index contributed by atoms with van der Waals surface area (Å²) in [4.78, 5) is 12.3. The van der Waals surface area contributed by atoms with Crippen molar-refractivity contribution in [2.75, 3.05) is 29.4 Å². The molecule has 2 aromatic rings. The molecule has 0 aliphatic heterocycles. The number of nitrogens with zero attached hydrogens (tertiary/aromatic N) is 1. The number of likely N-dealkylation sites (N-methyl/N-ethyl adjacent to an activating group) is 1. The van der Waals surface area contributed by atoms with Crippen LogP contribution >= 0.6 is 0 Å². The summed E-state index contributed by atoms with van der Waals surface area (Å²) in [5.74, 6) is -0.491. The first-order valence-corrected chi connectivity index (χ1v) is 11.6. The molecule has 2 rings (SSSR count). The summed E-state index contributed by atoms with van der Waals surface area (Å²) in [5, 5.41) is 2.59. The molecule has 0 bridgehead atoms. The Kier molecular flexibility index (Phi) is 7.17. The van der Waals surface area contributed by atoms with Gasteiger partial charge in [-0.1, -0.05) is 25.1 Å². The number of anilines is 2. The normalized spacial score (nSPS) is 12.0. The van der Waals surface area contributed by atoms with Gasteiger partial charge in [-0.05, 0) is 42.8 Å². The molecule has 0 saturated heterocycles. The molecule has 0 aliphatic rings. The van der Waals surface area contributed by atoms with Gasteiger partial charge in [-0.3, -0.25) is 9.52 Å². The molecule has 0 aliphatic carbocycles. The molecule has 0 heterocycles. The molecule has 0 saturated carbocycles. The van der Waals surface area contributed by atoms with Gasteiger partial charge in [-0.2, -0.15) is 4.31 Å². The second-order valence-corrected chi connectivity index (χ2v) is 10.0. The summed E-state index contributed by atoms with van der Waals surface area (Å²) in [6.07, 6.45) is 0.503. The molecule has 0 atom stereocenters. The fraction of sp³-hybridized carbons (Fsp3) is 0.278. The van der Waals surface area contributed by atoms with E-state index in [2.05, 4.69) is 10.0 Å². The van der Waals surface area contributed by atoms with Crippen LogP contribution in [0.1, 0.15) is 13.3 Å². The second kappa shape index (κ2) is 9.18. The summed E-state index contributed by atoms with van der Waals surface area (Å²) >= 11 is 0. The van der Waals surface area contributed by atoms with E-state index in [4.69, 9.17) is 0 Å². The maximum absolute atomic E-state index is 12.4. The summed E-state index contributed by atoms with van der Waals surface area (Å²) < 4.78 is 51.8. The molecule has 0 fully saturated rings. The van der Waals surface area contributed by atoms with Gasteiger partial charge in [0.15, 0.2) is 0 Å². The lowest BCUT2D eigenvalue weighted by Gasteiger charge is -2.17. The Bertz CT molecular complexity index is 1000. The minimum atomic E-state index is -3.76. The summed E-state index contributed by atoms with van der Waals surface area (Å²) in [6.45, 7) is 1.41. The van der Waals surface area contributed by atoms with Gasteiger partial charge in [0.1, 0.15) is 0 Å². The molecule has 8 nitrogen and oxygen atoms in total. The van der Waals surface area contributed by atoms with Gasteiger partial charge in [0.25, 0.3) is 0 Å². The third-order valence-electron chi connectivity index (χ3n) is 3.73. The molecular formula is C18H23N3O5S2. The number of benzene rings is 2. The largest absolute Gasteiger partial charge is 0.325 e. The molecule has 0 spiro atoms. The van der Waals surface area contributed by atoms with Gasteiger partial charge in [0, 0.05) is 18.4 Å². The lowest BCUT2D eigenvalue weighted by atomic mass is 10.3. The van der Waals surface area contributed by atoms with Gasteiger partial charge in [0.05, 0.1) is 17.2 Å². The maximum Gasteiger partial charge on any atom is 0.243 e. The molecular weight excluding hydrogens is 402 g/mol. The monoisotopic (exact) mass is 425 g/mol. The Hall–Kier alpha value is -2.43. The van der Waals surface area contributed by atoms with Crippen LogP contribution in [0.4, 0.5) is 11.4 Å². The van der Waals surface area contributed by atoms with E-state index >= 15 is 0 Å². The predicted molar refractivity (Wildman–Crippen MR) is 109 cm³/mol. The van der Waals surface area contributed by atoms with Crippen LogP contribution in [0.2, 0.25) is 0 Å². The molecule has 152 valence electrons. The molecule has 28 heavy (non-hydrogen) atoms. The summed E-state index contributed by atoms with van der Waals surface area (Å²) in [6, 6.07) is 14.0. The molecule has 1 amide bonds. The van der Waals surface area contributed by atoms with E-state index in [0.717, 1.165) is 4.31 Å². The van der Waals surface area contributed by atoms with Gasteiger partial charge in [-0.15, -0.1) is 0 Å². The number of amides is 1. The standard InChI is InChI=1S/C18H23N3O5S2/c1-3-13-27(23,24)20-16-11-9-15(10-12-16)19-18(22)14-21(2)28(25,26)17-7-5-4-6-8-17/h4-12,20H,3,13-14H2,1-2H3,(H,19,22). The van der Waals surface area contributed by atoms with Crippen molar-refractivity contribution in [1.82, 2.24) is 4.31 Å². The quantitative estimate of drug-likeness (QED) is 0.639. The number of rotatable bonds is 9. The van der Waals surface area contributed by atoms with Crippen LogP contribution in [0.25, 0.3) is 0 Å². The first-order valence-electron chi connectivity index (χ1n) is 8.56. The van der Waals surface area contributed by atoms with Crippen molar-refractivity contribution >= 4 is 37.3 Å². The average Bonchev–Trinajstić information content (AvgIpc) is 2.63. The fourth-order valence-electron chi connectivity index (χ4n) is 2.38. The van der Waals surface area contributed by atoms with E-state index in [-0.39, 0.29) is 17.2 Å². The van der Waals surface area contributed by atoms with E-state index in [0.29, 0.717) is 17.8 Å². The molecule has 0 unspecified atom stereocenters. The number of hydrogen-bond acceptors (Lipinski definition) is 5. The molecule has 0 radical (unpaired) electrons. The van der Waals surface area contributed by atoms with Crippen LogP contribution in [0.3, 0.4) is 0 Å². The Morgan fingerprint density at radius 3 is 2.07 bits per heavy atom. The lowest BCUT2D eigenvalue weighted by Crippen LogP contribution is -2.34. The third kappa shape index (κ3) is 6.04. The average molecular weight is 426 g/mol. The number of carbonyl (C=O) groups is 1. The van der Waals surface area contributed by atoms with E-state index in [1.165, 1.54) is 43.4 Å². The van der Waals surface area contributed by atoms with Crippen molar-refractivity contribution in [1.29, 1.82) is 0 Å². The fourth-order valence-corrected chi connectivity index (χ4v) is 4.66. The highest BCUT2D eigenvalue weighted by molar-refractivity contribution is 7.92. The van der Waals surface area contributed by atoms with Crippen molar-refractivity contribution in [2.24, 2.45) is 0 Å². The van der Waals surface area contributed by atoms with Crippen LogP contribution < -0.4 is 10.0 Å². The van der Waals surface area contributed by atoms with E-state index in [1.807, 2.05) is 0 Å². The Morgan fingerprint density at radius 2 is 1.50 bits per heavy atom.